The predicted octanol–water partition coefficient (Wildman–Crippen LogP) is 1.57. The van der Waals surface area contributed by atoms with Crippen molar-refractivity contribution < 1.29 is 24.2 Å². The maximum absolute atomic E-state index is 12.1. The van der Waals surface area contributed by atoms with Gasteiger partial charge in [-0.3, -0.25) is 4.79 Å². The first-order chi connectivity index (χ1) is 10.5. The number of piperidine rings is 1. The number of rotatable bonds is 3. The standard InChI is InChI=1S/C16H21NO5/c1-16(14(19)21-2)11-17(9-8-13(16)18)15(20)22-10-12-6-4-3-5-7-12/h3-7,13,18H,8-11H2,1-2H3. The number of carbonyl (C=O) groups is 2. The molecule has 1 N–H and O–H groups in total. The van der Waals surface area contributed by atoms with Crippen LogP contribution in [0.5, 0.6) is 0 Å². The van der Waals surface area contributed by atoms with Crippen LogP contribution in [0.2, 0.25) is 0 Å². The molecule has 0 spiro atoms. The summed E-state index contributed by atoms with van der Waals surface area (Å²) in [7, 11) is 1.27. The number of methoxy groups -OCH3 is 1. The summed E-state index contributed by atoms with van der Waals surface area (Å²) >= 11 is 0. The van der Waals surface area contributed by atoms with E-state index in [2.05, 4.69) is 0 Å². The molecule has 1 fully saturated rings. The maximum Gasteiger partial charge on any atom is 0.410 e. The zero-order valence-corrected chi connectivity index (χ0v) is 12.8. The Morgan fingerprint density at radius 2 is 2.05 bits per heavy atom. The van der Waals surface area contributed by atoms with E-state index in [4.69, 9.17) is 9.47 Å². The van der Waals surface area contributed by atoms with Crippen LogP contribution < -0.4 is 0 Å². The molecular formula is C16H21NO5. The quantitative estimate of drug-likeness (QED) is 0.858. The highest BCUT2D eigenvalue weighted by Gasteiger charge is 2.47. The third-order valence-electron chi connectivity index (χ3n) is 4.04. The third kappa shape index (κ3) is 3.39. The van der Waals surface area contributed by atoms with Gasteiger partial charge in [0.15, 0.2) is 0 Å². The van der Waals surface area contributed by atoms with E-state index in [-0.39, 0.29) is 13.2 Å². The number of nitrogens with zero attached hydrogens (tertiary/aromatic N) is 1. The lowest BCUT2D eigenvalue weighted by Crippen LogP contribution is -2.56. The fraction of sp³-hybridized carbons (Fsp3) is 0.500. The van der Waals surface area contributed by atoms with Crippen LogP contribution in [-0.2, 0) is 20.9 Å². The molecule has 1 aliphatic rings. The highest BCUT2D eigenvalue weighted by Crippen LogP contribution is 2.31. The Kier molecular flexibility index (Phi) is 5.03. The number of aliphatic hydroxyl groups excluding tert-OH is 1. The van der Waals surface area contributed by atoms with Gasteiger partial charge in [0.25, 0.3) is 0 Å². The van der Waals surface area contributed by atoms with Gasteiger partial charge in [-0.2, -0.15) is 0 Å². The fourth-order valence-electron chi connectivity index (χ4n) is 2.58. The van der Waals surface area contributed by atoms with Gasteiger partial charge in [0.1, 0.15) is 12.0 Å². The molecule has 2 atom stereocenters. The molecule has 6 heteroatoms. The van der Waals surface area contributed by atoms with Crippen molar-refractivity contribution in [2.75, 3.05) is 20.2 Å². The summed E-state index contributed by atoms with van der Waals surface area (Å²) in [6.07, 6.45) is -1.02. The summed E-state index contributed by atoms with van der Waals surface area (Å²) in [5.41, 5.74) is -0.234. The van der Waals surface area contributed by atoms with E-state index in [9.17, 15) is 14.7 Å². The monoisotopic (exact) mass is 307 g/mol. The van der Waals surface area contributed by atoms with Crippen LogP contribution in [0.3, 0.4) is 0 Å². The Hall–Kier alpha value is -2.08. The minimum Gasteiger partial charge on any atom is -0.468 e. The van der Waals surface area contributed by atoms with E-state index >= 15 is 0 Å². The van der Waals surface area contributed by atoms with Crippen molar-refractivity contribution in [1.29, 1.82) is 0 Å². The first-order valence-corrected chi connectivity index (χ1v) is 7.19. The molecule has 2 unspecified atom stereocenters. The van der Waals surface area contributed by atoms with Crippen molar-refractivity contribution in [3.05, 3.63) is 35.9 Å². The largest absolute Gasteiger partial charge is 0.468 e. The van der Waals surface area contributed by atoms with E-state index in [1.165, 1.54) is 12.0 Å². The Morgan fingerprint density at radius 3 is 2.68 bits per heavy atom. The Morgan fingerprint density at radius 1 is 1.36 bits per heavy atom. The highest BCUT2D eigenvalue weighted by molar-refractivity contribution is 5.79. The number of hydrogen-bond donors (Lipinski definition) is 1. The van der Waals surface area contributed by atoms with E-state index < -0.39 is 23.6 Å². The van der Waals surface area contributed by atoms with Gasteiger partial charge in [-0.05, 0) is 18.9 Å². The smallest absolute Gasteiger partial charge is 0.410 e. The minimum atomic E-state index is -1.13. The number of ether oxygens (including phenoxy) is 2. The van der Waals surface area contributed by atoms with Gasteiger partial charge in [-0.1, -0.05) is 30.3 Å². The highest BCUT2D eigenvalue weighted by atomic mass is 16.6. The lowest BCUT2D eigenvalue weighted by molar-refractivity contribution is -0.163. The molecule has 1 amide bonds. The van der Waals surface area contributed by atoms with E-state index in [1.807, 2.05) is 30.3 Å². The molecular weight excluding hydrogens is 286 g/mol. The lowest BCUT2D eigenvalue weighted by atomic mass is 9.79. The Labute approximate surface area is 129 Å². The average Bonchev–Trinajstić information content (AvgIpc) is 2.55. The number of aliphatic hydroxyl groups is 1. The molecule has 1 aliphatic heterocycles. The summed E-state index contributed by atoms with van der Waals surface area (Å²) in [5, 5.41) is 10.1. The Balaban J connectivity index is 1.97. The maximum atomic E-state index is 12.1. The van der Waals surface area contributed by atoms with Gasteiger partial charge in [0.05, 0.1) is 13.2 Å². The number of amides is 1. The molecule has 22 heavy (non-hydrogen) atoms. The van der Waals surface area contributed by atoms with Crippen LogP contribution in [0.25, 0.3) is 0 Å². The van der Waals surface area contributed by atoms with Crippen molar-refractivity contribution in [2.45, 2.75) is 26.1 Å². The molecule has 1 saturated heterocycles. The van der Waals surface area contributed by atoms with Crippen LogP contribution in [0.1, 0.15) is 18.9 Å². The molecule has 0 aliphatic carbocycles. The van der Waals surface area contributed by atoms with Crippen molar-refractivity contribution >= 4 is 12.1 Å². The summed E-state index contributed by atoms with van der Waals surface area (Å²) in [6.45, 7) is 2.20. The number of likely N-dealkylation sites (tertiary alicyclic amines) is 1. The molecule has 0 radical (unpaired) electrons. The zero-order valence-electron chi connectivity index (χ0n) is 12.8. The molecule has 1 aromatic rings. The molecule has 0 saturated carbocycles. The van der Waals surface area contributed by atoms with Gasteiger partial charge in [-0.15, -0.1) is 0 Å². The van der Waals surface area contributed by atoms with E-state index in [0.717, 1.165) is 5.56 Å². The summed E-state index contributed by atoms with van der Waals surface area (Å²) in [5.74, 6) is -0.527. The van der Waals surface area contributed by atoms with Crippen LogP contribution in [0, 0.1) is 5.41 Å². The van der Waals surface area contributed by atoms with Gasteiger partial charge in [0, 0.05) is 13.1 Å². The minimum absolute atomic E-state index is 0.0778. The van der Waals surface area contributed by atoms with Gasteiger partial charge in [0.2, 0.25) is 0 Å². The number of esters is 1. The molecule has 120 valence electrons. The van der Waals surface area contributed by atoms with Gasteiger partial charge < -0.3 is 19.5 Å². The summed E-state index contributed by atoms with van der Waals surface area (Å²) in [4.78, 5) is 25.5. The van der Waals surface area contributed by atoms with Gasteiger partial charge >= 0.3 is 12.1 Å². The number of hydrogen-bond acceptors (Lipinski definition) is 5. The van der Waals surface area contributed by atoms with E-state index in [1.54, 1.807) is 6.92 Å². The normalized spacial score (nSPS) is 24.7. The van der Waals surface area contributed by atoms with Crippen molar-refractivity contribution in [3.8, 4) is 0 Å². The second kappa shape index (κ2) is 6.79. The first-order valence-electron chi connectivity index (χ1n) is 7.19. The van der Waals surface area contributed by atoms with E-state index in [0.29, 0.717) is 13.0 Å². The molecule has 1 heterocycles. The number of carbonyl (C=O) groups excluding carboxylic acids is 2. The molecule has 6 nitrogen and oxygen atoms in total. The third-order valence-corrected chi connectivity index (χ3v) is 4.04. The van der Waals surface area contributed by atoms with Crippen LogP contribution in [-0.4, -0.2) is 48.4 Å². The van der Waals surface area contributed by atoms with Crippen LogP contribution in [0.15, 0.2) is 30.3 Å². The zero-order chi connectivity index (χ0) is 16.2. The SMILES string of the molecule is COC(=O)C1(C)CN(C(=O)OCc2ccccc2)CCC1O. The molecule has 2 rings (SSSR count). The van der Waals surface area contributed by atoms with Gasteiger partial charge in [-0.25, -0.2) is 4.79 Å². The average molecular weight is 307 g/mol. The van der Waals surface area contributed by atoms with Crippen molar-refractivity contribution in [1.82, 2.24) is 4.90 Å². The summed E-state index contributed by atoms with van der Waals surface area (Å²) < 4.78 is 10.0. The van der Waals surface area contributed by atoms with Crippen molar-refractivity contribution in [3.63, 3.8) is 0 Å². The second-order valence-corrected chi connectivity index (χ2v) is 5.68. The first kappa shape index (κ1) is 16.3. The molecule has 0 bridgehead atoms. The number of benzene rings is 1. The second-order valence-electron chi connectivity index (χ2n) is 5.68. The predicted molar refractivity (Wildman–Crippen MR) is 78.9 cm³/mol. The molecule has 1 aromatic carbocycles. The topological polar surface area (TPSA) is 76.1 Å². The lowest BCUT2D eigenvalue weighted by Gasteiger charge is -2.41. The fourth-order valence-corrected chi connectivity index (χ4v) is 2.58. The van der Waals surface area contributed by atoms with Crippen LogP contribution >= 0.6 is 0 Å². The summed E-state index contributed by atoms with van der Waals surface area (Å²) in [6, 6.07) is 9.36. The van der Waals surface area contributed by atoms with Crippen molar-refractivity contribution in [2.24, 2.45) is 5.41 Å². The Bertz CT molecular complexity index is 533. The van der Waals surface area contributed by atoms with Crippen LogP contribution in [0.4, 0.5) is 4.79 Å². The molecule has 0 aromatic heterocycles.